The van der Waals surface area contributed by atoms with Crippen LogP contribution < -0.4 is 14.8 Å². The second kappa shape index (κ2) is 9.52. The molecule has 2 aromatic carbocycles. The number of benzene rings is 2. The third-order valence-corrected chi connectivity index (χ3v) is 6.10. The molecular formula is C25H28N2O3S. The minimum atomic E-state index is -0.0785. The Morgan fingerprint density at radius 2 is 2.00 bits per heavy atom. The number of carbonyl (C=O) groups is 1. The number of amides is 1. The number of methoxy groups -OCH3 is 1. The van der Waals surface area contributed by atoms with Gasteiger partial charge in [0.25, 0.3) is 5.91 Å². The molecule has 2 aromatic rings. The van der Waals surface area contributed by atoms with Crippen LogP contribution in [0.3, 0.4) is 0 Å². The van der Waals surface area contributed by atoms with Crippen molar-refractivity contribution in [2.75, 3.05) is 13.7 Å². The van der Waals surface area contributed by atoms with Gasteiger partial charge in [-0.05, 0) is 84.9 Å². The van der Waals surface area contributed by atoms with Crippen molar-refractivity contribution in [3.63, 3.8) is 0 Å². The molecule has 0 unspecified atom stereocenters. The van der Waals surface area contributed by atoms with Gasteiger partial charge in [0, 0.05) is 12.1 Å². The Morgan fingerprint density at radius 1 is 1.16 bits per heavy atom. The Bertz CT molecular complexity index is 1030. The largest absolute Gasteiger partial charge is 0.496 e. The van der Waals surface area contributed by atoms with Crippen LogP contribution in [0.5, 0.6) is 11.5 Å². The minimum absolute atomic E-state index is 0.0785. The third-order valence-electron chi connectivity index (χ3n) is 5.78. The van der Waals surface area contributed by atoms with Gasteiger partial charge in [-0.2, -0.15) is 0 Å². The SMILES string of the molecule is CCCCN1C(=O)/C(=C\c2ccc(OC)c(COc3ccc4c(c3)CCC4)c2)NC1=S. The highest BCUT2D eigenvalue weighted by Gasteiger charge is 2.29. The third kappa shape index (κ3) is 4.74. The van der Waals surface area contributed by atoms with E-state index in [0.29, 0.717) is 24.0 Å². The zero-order valence-electron chi connectivity index (χ0n) is 18.1. The van der Waals surface area contributed by atoms with Gasteiger partial charge in [-0.3, -0.25) is 9.69 Å². The van der Waals surface area contributed by atoms with E-state index in [1.54, 1.807) is 12.0 Å². The van der Waals surface area contributed by atoms with E-state index in [4.69, 9.17) is 21.7 Å². The van der Waals surface area contributed by atoms with Crippen LogP contribution >= 0.6 is 12.2 Å². The van der Waals surface area contributed by atoms with Crippen molar-refractivity contribution >= 4 is 29.3 Å². The zero-order valence-corrected chi connectivity index (χ0v) is 18.9. The Labute approximate surface area is 189 Å². The van der Waals surface area contributed by atoms with Crippen LogP contribution in [0.4, 0.5) is 0 Å². The molecule has 1 heterocycles. The Balaban J connectivity index is 1.50. The van der Waals surface area contributed by atoms with Gasteiger partial charge in [0.05, 0.1) is 7.11 Å². The number of nitrogens with zero attached hydrogens (tertiary/aromatic N) is 1. The van der Waals surface area contributed by atoms with Crippen LogP contribution in [-0.4, -0.2) is 29.6 Å². The molecule has 4 rings (SSSR count). The highest BCUT2D eigenvalue weighted by atomic mass is 32.1. The molecule has 1 fully saturated rings. The first-order valence-electron chi connectivity index (χ1n) is 10.8. The van der Waals surface area contributed by atoms with Crippen LogP contribution in [0.25, 0.3) is 6.08 Å². The van der Waals surface area contributed by atoms with E-state index in [9.17, 15) is 4.79 Å². The van der Waals surface area contributed by atoms with Crippen LogP contribution in [0.2, 0.25) is 0 Å². The lowest BCUT2D eigenvalue weighted by Gasteiger charge is -2.13. The summed E-state index contributed by atoms with van der Waals surface area (Å²) in [5.41, 5.74) is 5.13. The van der Waals surface area contributed by atoms with E-state index in [0.717, 1.165) is 48.3 Å². The Morgan fingerprint density at radius 3 is 2.81 bits per heavy atom. The molecule has 1 aliphatic heterocycles. The summed E-state index contributed by atoms with van der Waals surface area (Å²) >= 11 is 5.33. The summed E-state index contributed by atoms with van der Waals surface area (Å²) in [6.07, 6.45) is 7.27. The van der Waals surface area contributed by atoms with Crippen LogP contribution in [0.1, 0.15) is 48.4 Å². The molecule has 0 saturated carbocycles. The number of carbonyl (C=O) groups excluding carboxylic acids is 1. The minimum Gasteiger partial charge on any atom is -0.496 e. The molecule has 1 N–H and O–H groups in total. The summed E-state index contributed by atoms with van der Waals surface area (Å²) in [6, 6.07) is 12.2. The maximum absolute atomic E-state index is 12.7. The van der Waals surface area contributed by atoms with Crippen molar-refractivity contribution in [2.24, 2.45) is 0 Å². The quantitative estimate of drug-likeness (QED) is 0.483. The number of ether oxygens (including phenoxy) is 2. The summed E-state index contributed by atoms with van der Waals surface area (Å²) in [6.45, 7) is 3.12. The zero-order chi connectivity index (χ0) is 21.8. The van der Waals surface area contributed by atoms with Crippen molar-refractivity contribution in [3.8, 4) is 11.5 Å². The standard InChI is InChI=1S/C25H28N2O3S/c1-3-4-12-27-24(28)22(26-25(27)31)14-17-8-11-23(29-2)20(13-17)16-30-21-10-9-18-6-5-7-19(18)15-21/h8-11,13-15H,3-7,12,16H2,1-2H3,(H,26,31)/b22-14+. The molecule has 0 atom stereocenters. The summed E-state index contributed by atoms with van der Waals surface area (Å²) < 4.78 is 11.6. The molecule has 2 aliphatic rings. The van der Waals surface area contributed by atoms with Crippen LogP contribution in [0, 0.1) is 0 Å². The normalized spacial score (nSPS) is 16.6. The highest BCUT2D eigenvalue weighted by Crippen LogP contribution is 2.28. The Kier molecular flexibility index (Phi) is 6.56. The monoisotopic (exact) mass is 436 g/mol. The molecule has 6 heteroatoms. The van der Waals surface area contributed by atoms with Gasteiger partial charge in [-0.1, -0.05) is 25.5 Å². The van der Waals surface area contributed by atoms with E-state index in [-0.39, 0.29) is 5.91 Å². The molecule has 0 bridgehead atoms. The van der Waals surface area contributed by atoms with Gasteiger partial charge in [-0.25, -0.2) is 0 Å². The number of thiocarbonyl (C=S) groups is 1. The van der Waals surface area contributed by atoms with E-state index >= 15 is 0 Å². The van der Waals surface area contributed by atoms with Crippen LogP contribution in [-0.2, 0) is 24.2 Å². The first-order valence-corrected chi connectivity index (χ1v) is 11.3. The predicted octanol–water partition coefficient (Wildman–Crippen LogP) is 4.62. The molecule has 0 spiro atoms. The van der Waals surface area contributed by atoms with Gasteiger partial charge in [-0.15, -0.1) is 0 Å². The topological polar surface area (TPSA) is 50.8 Å². The molecule has 5 nitrogen and oxygen atoms in total. The molecule has 1 amide bonds. The lowest BCUT2D eigenvalue weighted by Crippen LogP contribution is -2.31. The van der Waals surface area contributed by atoms with Gasteiger partial charge in [0.15, 0.2) is 5.11 Å². The lowest BCUT2D eigenvalue weighted by molar-refractivity contribution is -0.122. The lowest BCUT2D eigenvalue weighted by atomic mass is 10.1. The Hall–Kier alpha value is -2.86. The number of hydrogen-bond acceptors (Lipinski definition) is 4. The predicted molar refractivity (Wildman–Crippen MR) is 126 cm³/mol. The summed E-state index contributed by atoms with van der Waals surface area (Å²) in [5, 5.41) is 3.52. The van der Waals surface area contributed by atoms with Crippen molar-refractivity contribution in [2.45, 2.75) is 45.6 Å². The number of aryl methyl sites for hydroxylation is 2. The molecular weight excluding hydrogens is 408 g/mol. The number of rotatable bonds is 8. The molecule has 0 aromatic heterocycles. The molecule has 0 radical (unpaired) electrons. The summed E-state index contributed by atoms with van der Waals surface area (Å²) in [7, 11) is 1.65. The van der Waals surface area contributed by atoms with Crippen molar-refractivity contribution in [1.29, 1.82) is 0 Å². The van der Waals surface area contributed by atoms with Crippen LogP contribution in [0.15, 0.2) is 42.1 Å². The fourth-order valence-corrected chi connectivity index (χ4v) is 4.34. The van der Waals surface area contributed by atoms with Crippen molar-refractivity contribution in [1.82, 2.24) is 10.2 Å². The number of nitrogens with one attached hydrogen (secondary N) is 1. The smallest absolute Gasteiger partial charge is 0.276 e. The van der Waals surface area contributed by atoms with E-state index in [2.05, 4.69) is 24.4 Å². The van der Waals surface area contributed by atoms with Gasteiger partial charge in [0.2, 0.25) is 0 Å². The maximum atomic E-state index is 12.7. The van der Waals surface area contributed by atoms with E-state index < -0.39 is 0 Å². The fourth-order valence-electron chi connectivity index (χ4n) is 4.06. The maximum Gasteiger partial charge on any atom is 0.276 e. The molecule has 162 valence electrons. The van der Waals surface area contributed by atoms with E-state index in [1.165, 1.54) is 17.5 Å². The van der Waals surface area contributed by atoms with Crippen molar-refractivity contribution < 1.29 is 14.3 Å². The average molecular weight is 437 g/mol. The fraction of sp³-hybridized carbons (Fsp3) is 0.360. The molecule has 1 aliphatic carbocycles. The van der Waals surface area contributed by atoms with Crippen molar-refractivity contribution in [3.05, 3.63) is 64.3 Å². The molecule has 1 saturated heterocycles. The van der Waals surface area contributed by atoms with Gasteiger partial charge >= 0.3 is 0 Å². The summed E-state index contributed by atoms with van der Waals surface area (Å²) in [4.78, 5) is 14.3. The van der Waals surface area contributed by atoms with Gasteiger partial charge in [0.1, 0.15) is 23.8 Å². The number of fused-ring (bicyclic) bond motifs is 1. The number of hydrogen-bond donors (Lipinski definition) is 1. The second-order valence-electron chi connectivity index (χ2n) is 7.94. The second-order valence-corrected chi connectivity index (χ2v) is 8.33. The first-order chi connectivity index (χ1) is 15.1. The van der Waals surface area contributed by atoms with E-state index in [1.807, 2.05) is 30.3 Å². The average Bonchev–Trinajstić information content (AvgIpc) is 3.35. The number of unbranched alkanes of at least 4 members (excludes halogenated alkanes) is 1. The van der Waals surface area contributed by atoms with Gasteiger partial charge < -0.3 is 14.8 Å². The highest BCUT2D eigenvalue weighted by molar-refractivity contribution is 7.80. The summed E-state index contributed by atoms with van der Waals surface area (Å²) in [5.74, 6) is 1.55. The molecule has 31 heavy (non-hydrogen) atoms. The first kappa shape index (κ1) is 21.4.